The highest BCUT2D eigenvalue weighted by Crippen LogP contribution is 2.10. The Labute approximate surface area is 66.7 Å². The summed E-state index contributed by atoms with van der Waals surface area (Å²) in [4.78, 5) is 10.8. The van der Waals surface area contributed by atoms with E-state index in [-0.39, 0.29) is 5.92 Å². The van der Waals surface area contributed by atoms with Crippen LogP contribution in [0.5, 0.6) is 0 Å². The van der Waals surface area contributed by atoms with Crippen molar-refractivity contribution in [2.24, 2.45) is 5.92 Å². The maximum absolute atomic E-state index is 10.8. The van der Waals surface area contributed by atoms with Crippen molar-refractivity contribution in [1.82, 2.24) is 0 Å². The van der Waals surface area contributed by atoms with Gasteiger partial charge in [0.1, 0.15) is 0 Å². The van der Waals surface area contributed by atoms with E-state index in [9.17, 15) is 9.90 Å². The molecular weight excluding hydrogens is 144 g/mol. The van der Waals surface area contributed by atoms with Gasteiger partial charge in [0.25, 0.3) is 0 Å². The molecule has 0 fully saturated rings. The van der Waals surface area contributed by atoms with Gasteiger partial charge < -0.3 is 9.84 Å². The third-order valence-electron chi connectivity index (χ3n) is 1.62. The van der Waals surface area contributed by atoms with Gasteiger partial charge >= 0.3 is 5.97 Å². The largest absolute Gasteiger partial charge is 0.467 e. The van der Waals surface area contributed by atoms with E-state index in [1.165, 1.54) is 7.11 Å². The minimum atomic E-state index is -1.07. The lowest BCUT2D eigenvalue weighted by Gasteiger charge is -2.14. The lowest BCUT2D eigenvalue weighted by molar-refractivity contribution is -0.152. The summed E-state index contributed by atoms with van der Waals surface area (Å²) in [6.07, 6.45) is 1.17. The van der Waals surface area contributed by atoms with E-state index in [0.29, 0.717) is 6.42 Å². The number of ether oxygens (including phenoxy) is 1. The van der Waals surface area contributed by atoms with Crippen molar-refractivity contribution >= 4 is 5.97 Å². The lowest BCUT2D eigenvalue weighted by Crippen LogP contribution is -2.28. The summed E-state index contributed by atoms with van der Waals surface area (Å²) in [5.41, 5.74) is 0. The van der Waals surface area contributed by atoms with E-state index in [1.807, 2.05) is 6.92 Å². The van der Waals surface area contributed by atoms with Crippen molar-refractivity contribution < 1.29 is 14.6 Å². The van der Waals surface area contributed by atoms with Crippen LogP contribution in [0.2, 0.25) is 0 Å². The summed E-state index contributed by atoms with van der Waals surface area (Å²) in [6.45, 7) is 5.38. The van der Waals surface area contributed by atoms with Crippen LogP contribution < -0.4 is 0 Å². The zero-order valence-corrected chi connectivity index (χ0v) is 6.91. The Morgan fingerprint density at radius 1 is 1.82 bits per heavy atom. The second kappa shape index (κ2) is 4.91. The van der Waals surface area contributed by atoms with Gasteiger partial charge in [-0.2, -0.15) is 0 Å². The van der Waals surface area contributed by atoms with Crippen molar-refractivity contribution in [2.75, 3.05) is 7.11 Å². The average Bonchev–Trinajstić information content (AvgIpc) is 2.05. The second-order valence-electron chi connectivity index (χ2n) is 2.28. The molecule has 1 N–H and O–H groups in total. The van der Waals surface area contributed by atoms with Crippen molar-refractivity contribution in [1.29, 1.82) is 0 Å². The minimum Gasteiger partial charge on any atom is -0.467 e. The van der Waals surface area contributed by atoms with Gasteiger partial charge in [0.2, 0.25) is 0 Å². The molecule has 0 aromatic heterocycles. The van der Waals surface area contributed by atoms with Crippen molar-refractivity contribution in [3.05, 3.63) is 12.7 Å². The van der Waals surface area contributed by atoms with Gasteiger partial charge in [0, 0.05) is 5.92 Å². The normalized spacial score (nSPS) is 15.2. The van der Waals surface area contributed by atoms with Gasteiger partial charge in [-0.15, -0.1) is 6.58 Å². The van der Waals surface area contributed by atoms with E-state index < -0.39 is 12.1 Å². The van der Waals surface area contributed by atoms with Crippen LogP contribution in [0, 0.1) is 5.92 Å². The van der Waals surface area contributed by atoms with E-state index in [4.69, 9.17) is 0 Å². The molecule has 2 atom stereocenters. The smallest absolute Gasteiger partial charge is 0.335 e. The number of aliphatic hydroxyl groups is 1. The number of carbonyl (C=O) groups excluding carboxylic acids is 1. The molecular formula is C8H14O3. The molecule has 0 unspecified atom stereocenters. The Kier molecular flexibility index (Phi) is 4.54. The lowest BCUT2D eigenvalue weighted by atomic mass is 10.00. The fraction of sp³-hybridized carbons (Fsp3) is 0.625. The number of hydrogen-bond donors (Lipinski definition) is 1. The minimum absolute atomic E-state index is 0.206. The van der Waals surface area contributed by atoms with E-state index >= 15 is 0 Å². The van der Waals surface area contributed by atoms with Gasteiger partial charge in [-0.3, -0.25) is 0 Å². The van der Waals surface area contributed by atoms with Crippen LogP contribution in [-0.2, 0) is 9.53 Å². The monoisotopic (exact) mass is 158 g/mol. The van der Waals surface area contributed by atoms with Crippen LogP contribution in [0.15, 0.2) is 12.7 Å². The predicted octanol–water partition coefficient (Wildman–Crippen LogP) is 0.732. The van der Waals surface area contributed by atoms with Crippen LogP contribution in [0.1, 0.15) is 13.3 Å². The van der Waals surface area contributed by atoms with Crippen molar-refractivity contribution in [3.63, 3.8) is 0 Å². The second-order valence-corrected chi connectivity index (χ2v) is 2.28. The molecule has 11 heavy (non-hydrogen) atoms. The van der Waals surface area contributed by atoms with E-state index in [1.54, 1.807) is 6.08 Å². The highest BCUT2D eigenvalue weighted by Gasteiger charge is 2.22. The molecule has 0 aromatic carbocycles. The molecule has 0 saturated heterocycles. The first-order valence-electron chi connectivity index (χ1n) is 3.55. The molecule has 64 valence electrons. The van der Waals surface area contributed by atoms with Crippen LogP contribution in [0.25, 0.3) is 0 Å². The number of carbonyl (C=O) groups is 1. The van der Waals surface area contributed by atoms with Gasteiger partial charge in [-0.1, -0.05) is 13.0 Å². The summed E-state index contributed by atoms with van der Waals surface area (Å²) >= 11 is 0. The molecule has 0 aliphatic carbocycles. The maximum atomic E-state index is 10.8. The highest BCUT2D eigenvalue weighted by atomic mass is 16.5. The van der Waals surface area contributed by atoms with Crippen LogP contribution in [0.4, 0.5) is 0 Å². The topological polar surface area (TPSA) is 46.5 Å². The predicted molar refractivity (Wildman–Crippen MR) is 42.0 cm³/mol. The third kappa shape index (κ3) is 2.72. The standard InChI is InChI=1S/C8H14O3/c1-4-6(5-2)7(9)8(10)11-3/h4,6-7,9H,1,5H2,2-3H3/t6-,7-/m1/s1. The first-order valence-corrected chi connectivity index (χ1v) is 3.55. The van der Waals surface area contributed by atoms with Gasteiger partial charge in [0.15, 0.2) is 6.10 Å². The Hall–Kier alpha value is -0.830. The Morgan fingerprint density at radius 3 is 2.64 bits per heavy atom. The number of esters is 1. The van der Waals surface area contributed by atoms with Gasteiger partial charge in [0.05, 0.1) is 7.11 Å². The van der Waals surface area contributed by atoms with Crippen molar-refractivity contribution in [3.8, 4) is 0 Å². The zero-order chi connectivity index (χ0) is 8.85. The molecule has 3 nitrogen and oxygen atoms in total. The molecule has 0 heterocycles. The molecule has 0 aliphatic rings. The number of methoxy groups -OCH3 is 1. The van der Waals surface area contributed by atoms with E-state index in [0.717, 1.165) is 0 Å². The zero-order valence-electron chi connectivity index (χ0n) is 6.91. The van der Waals surface area contributed by atoms with Crippen molar-refractivity contribution in [2.45, 2.75) is 19.4 Å². The first kappa shape index (κ1) is 10.2. The summed E-state index contributed by atoms with van der Waals surface area (Å²) in [5, 5.41) is 9.23. The third-order valence-corrected chi connectivity index (χ3v) is 1.62. The SMILES string of the molecule is C=C[C@H](CC)[C@@H](O)C(=O)OC. The molecule has 0 saturated carbocycles. The molecule has 0 radical (unpaired) electrons. The average molecular weight is 158 g/mol. The Bertz CT molecular complexity index is 142. The number of hydrogen-bond acceptors (Lipinski definition) is 3. The molecule has 0 amide bonds. The Balaban J connectivity index is 4.07. The highest BCUT2D eigenvalue weighted by molar-refractivity contribution is 5.74. The molecule has 0 spiro atoms. The summed E-state index contributed by atoms with van der Waals surface area (Å²) in [5.74, 6) is -0.806. The fourth-order valence-corrected chi connectivity index (χ4v) is 0.814. The summed E-state index contributed by atoms with van der Waals surface area (Å²) in [6, 6.07) is 0. The maximum Gasteiger partial charge on any atom is 0.335 e. The van der Waals surface area contributed by atoms with Crippen LogP contribution >= 0.6 is 0 Å². The molecule has 0 aliphatic heterocycles. The van der Waals surface area contributed by atoms with E-state index in [2.05, 4.69) is 11.3 Å². The van der Waals surface area contributed by atoms with Crippen LogP contribution in [0.3, 0.4) is 0 Å². The number of aliphatic hydroxyl groups excluding tert-OH is 1. The molecule has 0 aromatic rings. The van der Waals surface area contributed by atoms with Gasteiger partial charge in [-0.05, 0) is 6.42 Å². The molecule has 3 heteroatoms. The first-order chi connectivity index (χ1) is 5.17. The Morgan fingerprint density at radius 2 is 2.36 bits per heavy atom. The summed E-state index contributed by atoms with van der Waals surface area (Å²) < 4.78 is 4.36. The van der Waals surface area contributed by atoms with Gasteiger partial charge in [-0.25, -0.2) is 4.79 Å². The summed E-state index contributed by atoms with van der Waals surface area (Å²) in [7, 11) is 1.25. The quantitative estimate of drug-likeness (QED) is 0.484. The number of rotatable bonds is 4. The fourth-order valence-electron chi connectivity index (χ4n) is 0.814. The molecule has 0 rings (SSSR count). The van der Waals surface area contributed by atoms with Crippen LogP contribution in [-0.4, -0.2) is 24.3 Å². The molecule has 0 bridgehead atoms.